The van der Waals surface area contributed by atoms with Crippen LogP contribution in [-0.2, 0) is 16.1 Å². The molecule has 3 fully saturated rings. The van der Waals surface area contributed by atoms with Crippen LogP contribution in [0.4, 0.5) is 0 Å². The van der Waals surface area contributed by atoms with Crippen molar-refractivity contribution in [1.29, 1.82) is 0 Å². The maximum absolute atomic E-state index is 13.2. The molecule has 1 spiro atoms. The number of amides is 1. The normalized spacial score (nSPS) is 25.2. The fraction of sp³-hybridized carbons (Fsp3) is 0.667. The van der Waals surface area contributed by atoms with Crippen LogP contribution in [0.25, 0.3) is 0 Å². The summed E-state index contributed by atoms with van der Waals surface area (Å²) < 4.78 is 16.4. The van der Waals surface area contributed by atoms with E-state index in [1.165, 1.54) is 5.56 Å². The summed E-state index contributed by atoms with van der Waals surface area (Å²) in [5.41, 5.74) is 1.04. The number of piperazine rings is 1. The molecule has 0 bridgehead atoms. The largest absolute Gasteiger partial charge is 0.493 e. The van der Waals surface area contributed by atoms with Gasteiger partial charge in [0.25, 0.3) is 0 Å². The van der Waals surface area contributed by atoms with E-state index in [1.54, 1.807) is 14.2 Å². The minimum atomic E-state index is -0.135. The molecule has 3 heterocycles. The molecule has 1 amide bonds. The zero-order chi connectivity index (χ0) is 19.7. The van der Waals surface area contributed by atoms with Gasteiger partial charge in [-0.15, -0.1) is 0 Å². The molecule has 0 saturated carbocycles. The number of ether oxygens (including phenoxy) is 3. The fourth-order valence-corrected chi connectivity index (χ4v) is 5.18. The van der Waals surface area contributed by atoms with Gasteiger partial charge in [0, 0.05) is 45.6 Å². The molecule has 154 valence electrons. The van der Waals surface area contributed by atoms with Gasteiger partial charge >= 0.3 is 0 Å². The third-order valence-corrected chi connectivity index (χ3v) is 6.52. The Hall–Kier alpha value is -1.83. The third-order valence-electron chi connectivity index (χ3n) is 6.52. The van der Waals surface area contributed by atoms with E-state index >= 15 is 0 Å². The van der Waals surface area contributed by atoms with Crippen LogP contribution in [0.3, 0.4) is 0 Å². The van der Waals surface area contributed by atoms with Crippen molar-refractivity contribution >= 4 is 5.91 Å². The Morgan fingerprint density at radius 3 is 2.57 bits per heavy atom. The lowest BCUT2D eigenvalue weighted by Crippen LogP contribution is -2.61. The fourth-order valence-electron chi connectivity index (χ4n) is 5.18. The second-order valence-electron chi connectivity index (χ2n) is 7.81. The lowest BCUT2D eigenvalue weighted by molar-refractivity contribution is -0.135. The molecule has 3 aliphatic heterocycles. The van der Waals surface area contributed by atoms with Crippen molar-refractivity contribution in [2.75, 3.05) is 53.6 Å². The van der Waals surface area contributed by atoms with E-state index in [2.05, 4.69) is 27.7 Å². The number of rotatable bonds is 5. The van der Waals surface area contributed by atoms with Gasteiger partial charge in [0.1, 0.15) is 11.7 Å². The number of nitrogens with zero attached hydrogens (tertiary/aromatic N) is 3. The summed E-state index contributed by atoms with van der Waals surface area (Å²) >= 11 is 0. The van der Waals surface area contributed by atoms with Gasteiger partial charge in [-0.05, 0) is 24.6 Å². The van der Waals surface area contributed by atoms with Crippen LogP contribution in [0.2, 0.25) is 0 Å². The first-order valence-electron chi connectivity index (χ1n) is 10.2. The van der Waals surface area contributed by atoms with E-state index in [0.29, 0.717) is 0 Å². The number of likely N-dealkylation sites (N-methyl/N-ethyl adjacent to an activating group) is 1. The molecule has 1 aromatic rings. The highest BCUT2D eigenvalue weighted by atomic mass is 16.5. The highest BCUT2D eigenvalue weighted by Crippen LogP contribution is 2.41. The number of hydrogen-bond acceptors (Lipinski definition) is 6. The molecule has 0 N–H and O–H groups in total. The quantitative estimate of drug-likeness (QED) is 0.762. The molecule has 0 radical (unpaired) electrons. The van der Waals surface area contributed by atoms with Crippen molar-refractivity contribution in [1.82, 2.24) is 14.7 Å². The number of hydrogen-bond donors (Lipinski definition) is 0. The summed E-state index contributed by atoms with van der Waals surface area (Å²) in [4.78, 5) is 20.2. The van der Waals surface area contributed by atoms with Gasteiger partial charge in [0.15, 0.2) is 11.5 Å². The Bertz CT molecular complexity index is 720. The SMILES string of the molecule is CCN1C(=O)[C@H]2CN(Cc3ccc(OC)c(OC)c3)CCN2C12CCOCC2. The molecule has 3 saturated heterocycles. The highest BCUT2D eigenvalue weighted by Gasteiger charge is 2.57. The number of fused-ring (bicyclic) bond motifs is 2. The molecule has 0 aromatic heterocycles. The molecule has 1 aromatic carbocycles. The Balaban J connectivity index is 1.50. The Morgan fingerprint density at radius 2 is 1.89 bits per heavy atom. The number of benzene rings is 1. The summed E-state index contributed by atoms with van der Waals surface area (Å²) in [7, 11) is 3.30. The van der Waals surface area contributed by atoms with Crippen molar-refractivity contribution in [2.45, 2.75) is 38.0 Å². The molecule has 7 heteroatoms. The predicted octanol–water partition coefficient (Wildman–Crippen LogP) is 1.56. The van der Waals surface area contributed by atoms with Gasteiger partial charge in [0.2, 0.25) is 5.91 Å². The monoisotopic (exact) mass is 389 g/mol. The summed E-state index contributed by atoms with van der Waals surface area (Å²) in [6.45, 7) is 7.78. The smallest absolute Gasteiger partial charge is 0.242 e. The van der Waals surface area contributed by atoms with Crippen LogP contribution < -0.4 is 9.47 Å². The van der Waals surface area contributed by atoms with E-state index in [9.17, 15) is 4.79 Å². The minimum absolute atomic E-state index is 0.0491. The maximum Gasteiger partial charge on any atom is 0.242 e. The number of carbonyl (C=O) groups excluding carboxylic acids is 1. The summed E-state index contributed by atoms with van der Waals surface area (Å²) in [6.07, 6.45) is 1.83. The van der Waals surface area contributed by atoms with Crippen LogP contribution in [0, 0.1) is 0 Å². The highest BCUT2D eigenvalue weighted by molar-refractivity contribution is 5.85. The van der Waals surface area contributed by atoms with Crippen molar-refractivity contribution in [3.05, 3.63) is 23.8 Å². The van der Waals surface area contributed by atoms with Gasteiger partial charge < -0.3 is 19.1 Å². The van der Waals surface area contributed by atoms with Crippen LogP contribution >= 0.6 is 0 Å². The molecule has 0 unspecified atom stereocenters. The zero-order valence-electron chi connectivity index (χ0n) is 17.1. The van der Waals surface area contributed by atoms with Crippen LogP contribution in [0.1, 0.15) is 25.3 Å². The molecule has 3 aliphatic rings. The van der Waals surface area contributed by atoms with Gasteiger partial charge in [-0.3, -0.25) is 14.6 Å². The Labute approximate surface area is 167 Å². The third kappa shape index (κ3) is 3.15. The predicted molar refractivity (Wildman–Crippen MR) is 105 cm³/mol. The first kappa shape index (κ1) is 19.5. The first-order valence-corrected chi connectivity index (χ1v) is 10.2. The molecular weight excluding hydrogens is 358 g/mol. The van der Waals surface area contributed by atoms with Crippen molar-refractivity contribution < 1.29 is 19.0 Å². The standard InChI is InChI=1S/C21H31N3O4/c1-4-23-20(25)17-15-22(9-10-24(17)21(23)7-11-28-12-8-21)14-16-5-6-18(26-2)19(13-16)27-3/h5-6,13,17H,4,7-12,14-15H2,1-3H3/t17-/m1/s1. The summed E-state index contributed by atoms with van der Waals surface area (Å²) in [5, 5.41) is 0. The van der Waals surface area contributed by atoms with Gasteiger partial charge in [0.05, 0.1) is 27.4 Å². The van der Waals surface area contributed by atoms with E-state index in [1.807, 2.05) is 12.1 Å². The topological polar surface area (TPSA) is 54.5 Å². The molecule has 4 rings (SSSR count). The minimum Gasteiger partial charge on any atom is -0.493 e. The number of methoxy groups -OCH3 is 2. The Kier molecular flexibility index (Phi) is 5.49. The molecule has 0 aliphatic carbocycles. The van der Waals surface area contributed by atoms with Crippen molar-refractivity contribution in [2.24, 2.45) is 0 Å². The average molecular weight is 389 g/mol. The maximum atomic E-state index is 13.2. The van der Waals surface area contributed by atoms with Gasteiger partial charge in [-0.2, -0.15) is 0 Å². The summed E-state index contributed by atoms with van der Waals surface area (Å²) in [5.74, 6) is 1.76. The van der Waals surface area contributed by atoms with Gasteiger partial charge in [-0.25, -0.2) is 0 Å². The average Bonchev–Trinajstić information content (AvgIpc) is 2.95. The van der Waals surface area contributed by atoms with E-state index in [0.717, 1.165) is 70.3 Å². The molecular formula is C21H31N3O4. The molecule has 28 heavy (non-hydrogen) atoms. The molecule has 1 atom stereocenters. The first-order chi connectivity index (χ1) is 13.6. The van der Waals surface area contributed by atoms with Gasteiger partial charge in [-0.1, -0.05) is 6.07 Å². The lowest BCUT2D eigenvalue weighted by Gasteiger charge is -2.48. The van der Waals surface area contributed by atoms with Crippen molar-refractivity contribution in [3.63, 3.8) is 0 Å². The van der Waals surface area contributed by atoms with Crippen LogP contribution in [0.15, 0.2) is 18.2 Å². The van der Waals surface area contributed by atoms with E-state index in [4.69, 9.17) is 14.2 Å². The van der Waals surface area contributed by atoms with Crippen LogP contribution in [-0.4, -0.2) is 85.9 Å². The van der Waals surface area contributed by atoms with Crippen molar-refractivity contribution in [3.8, 4) is 11.5 Å². The summed E-state index contributed by atoms with van der Waals surface area (Å²) in [6, 6.07) is 6.00. The van der Waals surface area contributed by atoms with E-state index in [-0.39, 0.29) is 17.6 Å². The Morgan fingerprint density at radius 1 is 1.14 bits per heavy atom. The second-order valence-corrected chi connectivity index (χ2v) is 7.81. The lowest BCUT2D eigenvalue weighted by atomic mass is 9.96. The molecule has 7 nitrogen and oxygen atoms in total. The second kappa shape index (κ2) is 7.89. The number of carbonyl (C=O) groups is 1. The zero-order valence-corrected chi connectivity index (χ0v) is 17.1. The van der Waals surface area contributed by atoms with E-state index < -0.39 is 0 Å². The van der Waals surface area contributed by atoms with Crippen LogP contribution in [0.5, 0.6) is 11.5 Å².